The second kappa shape index (κ2) is 12.2. The van der Waals surface area contributed by atoms with Crippen molar-refractivity contribution < 1.29 is 39.0 Å². The van der Waals surface area contributed by atoms with Crippen LogP contribution in [0.25, 0.3) is 10.9 Å². The summed E-state index contributed by atoms with van der Waals surface area (Å²) in [4.78, 5) is 95.3. The van der Waals surface area contributed by atoms with Gasteiger partial charge in [0, 0.05) is 28.3 Å². The molecule has 5 amide bonds. The summed E-state index contributed by atoms with van der Waals surface area (Å²) >= 11 is 1.11. The number of anilines is 1. The molecule has 2 unspecified atom stereocenters. The molecule has 5 atom stereocenters. The predicted molar refractivity (Wildman–Crippen MR) is 170 cm³/mol. The van der Waals surface area contributed by atoms with E-state index in [1.807, 2.05) is 0 Å². The topological polar surface area (TPSA) is 232 Å². The minimum Gasteiger partial charge on any atom is -0.508 e. The standard InChI is InChI=1S/C31H32N6O9S/c1-13(33-14(2)38)24(40)34-17-7-10-20-16(11-17)12-19(25(41)35-20)26(42)36(27(43)21(32)15-5-8-18(39)9-6-15)22-28(44)37-23(30(45)46)31(3,4)47-29(22)37/h5-13,21-23,29,39H,32H2,1-4H3,(H,33,38)(H,34,40)(H,35,41)(H,45,46)/t13?,21?,22-,23+,29-/m1/s1. The molecule has 7 N–H and O–H groups in total. The highest BCUT2D eigenvalue weighted by Gasteiger charge is 2.66. The Bertz CT molecular complexity index is 1890. The van der Waals surface area contributed by atoms with Gasteiger partial charge >= 0.3 is 5.97 Å². The lowest BCUT2D eigenvalue weighted by molar-refractivity contribution is -0.166. The van der Waals surface area contributed by atoms with Gasteiger partial charge < -0.3 is 36.5 Å². The zero-order chi connectivity index (χ0) is 34.5. The molecule has 0 bridgehead atoms. The summed E-state index contributed by atoms with van der Waals surface area (Å²) in [5.74, 6) is -5.23. The number of H-pyrrole nitrogens is 1. The lowest BCUT2D eigenvalue weighted by atomic mass is 9.94. The van der Waals surface area contributed by atoms with Gasteiger partial charge in [-0.1, -0.05) is 12.1 Å². The lowest BCUT2D eigenvalue weighted by Gasteiger charge is -2.47. The minimum atomic E-state index is -1.50. The van der Waals surface area contributed by atoms with Gasteiger partial charge in [-0.2, -0.15) is 0 Å². The molecule has 2 aromatic carbocycles. The van der Waals surface area contributed by atoms with E-state index in [-0.39, 0.29) is 22.4 Å². The predicted octanol–water partition coefficient (Wildman–Crippen LogP) is 0.881. The number of nitrogens with two attached hydrogens (primary N) is 1. The molecule has 3 heterocycles. The molecule has 15 nitrogen and oxygen atoms in total. The van der Waals surface area contributed by atoms with Crippen LogP contribution >= 0.6 is 11.8 Å². The van der Waals surface area contributed by atoms with Gasteiger partial charge in [-0.05, 0) is 62.7 Å². The molecule has 0 saturated carbocycles. The molecule has 0 radical (unpaired) electrons. The van der Waals surface area contributed by atoms with E-state index in [4.69, 9.17) is 5.73 Å². The van der Waals surface area contributed by atoms with Crippen LogP contribution < -0.4 is 21.9 Å². The van der Waals surface area contributed by atoms with Crippen LogP contribution in [0.5, 0.6) is 5.75 Å². The maximum atomic E-state index is 14.2. The Morgan fingerprint density at radius 1 is 1.06 bits per heavy atom. The van der Waals surface area contributed by atoms with Crippen molar-refractivity contribution in [2.75, 3.05) is 5.32 Å². The summed E-state index contributed by atoms with van der Waals surface area (Å²) in [6.07, 6.45) is 0. The molecule has 47 heavy (non-hydrogen) atoms. The number of carbonyl (C=O) groups is 6. The first-order chi connectivity index (χ1) is 22.0. The number of hydrogen-bond donors (Lipinski definition) is 6. The number of pyridine rings is 1. The van der Waals surface area contributed by atoms with E-state index in [9.17, 15) is 43.8 Å². The van der Waals surface area contributed by atoms with Crippen LogP contribution in [0.4, 0.5) is 5.69 Å². The van der Waals surface area contributed by atoms with E-state index in [1.54, 1.807) is 13.8 Å². The van der Waals surface area contributed by atoms with Gasteiger partial charge in [0.15, 0.2) is 0 Å². The Balaban J connectivity index is 1.54. The number of carboxylic acid groups (broad SMARTS) is 1. The van der Waals surface area contributed by atoms with E-state index >= 15 is 0 Å². The fourth-order valence-corrected chi connectivity index (χ4v) is 7.43. The zero-order valence-corrected chi connectivity index (χ0v) is 26.5. The number of thioether (sulfide) groups is 1. The maximum Gasteiger partial charge on any atom is 0.327 e. The molecule has 0 spiro atoms. The molecule has 2 fully saturated rings. The summed E-state index contributed by atoms with van der Waals surface area (Å²) in [5.41, 5.74) is 5.67. The third kappa shape index (κ3) is 6.04. The van der Waals surface area contributed by atoms with Crippen LogP contribution in [0.3, 0.4) is 0 Å². The second-order valence-electron chi connectivity index (χ2n) is 11.9. The number of fused-ring (bicyclic) bond motifs is 2. The number of nitrogens with one attached hydrogen (secondary N) is 3. The van der Waals surface area contributed by atoms with Crippen molar-refractivity contribution >= 4 is 63.9 Å². The van der Waals surface area contributed by atoms with Crippen molar-refractivity contribution in [1.29, 1.82) is 0 Å². The van der Waals surface area contributed by atoms with Gasteiger partial charge in [0.25, 0.3) is 23.3 Å². The van der Waals surface area contributed by atoms with Crippen LogP contribution in [-0.4, -0.2) is 88.7 Å². The fourth-order valence-electron chi connectivity index (χ4n) is 5.76. The van der Waals surface area contributed by atoms with Gasteiger partial charge in [0.05, 0.1) is 0 Å². The summed E-state index contributed by atoms with van der Waals surface area (Å²) in [7, 11) is 0. The van der Waals surface area contributed by atoms with Crippen LogP contribution in [-0.2, 0) is 24.0 Å². The number of aromatic amines is 1. The first kappa shape index (κ1) is 33.2. The largest absolute Gasteiger partial charge is 0.508 e. The van der Waals surface area contributed by atoms with Crippen molar-refractivity contribution in [2.45, 2.75) is 62.0 Å². The molecule has 246 valence electrons. The Morgan fingerprint density at radius 3 is 2.34 bits per heavy atom. The summed E-state index contributed by atoms with van der Waals surface area (Å²) in [6.45, 7) is 6.03. The molecule has 0 aliphatic carbocycles. The molecule has 16 heteroatoms. The average Bonchev–Trinajstić information content (AvgIpc) is 3.25. The number of rotatable bonds is 8. The number of aromatic hydroxyl groups is 1. The Kier molecular flexibility index (Phi) is 8.59. The van der Waals surface area contributed by atoms with Crippen molar-refractivity contribution in [3.8, 4) is 5.75 Å². The second-order valence-corrected chi connectivity index (χ2v) is 13.6. The van der Waals surface area contributed by atoms with Crippen LogP contribution in [0.15, 0.2) is 53.3 Å². The van der Waals surface area contributed by atoms with Gasteiger partial charge in [-0.15, -0.1) is 11.8 Å². The number of β-lactam (4-membered cyclic amide) rings is 1. The number of carbonyl (C=O) groups excluding carboxylic acids is 5. The Hall–Kier alpha value is -5.22. The highest BCUT2D eigenvalue weighted by molar-refractivity contribution is 8.01. The zero-order valence-electron chi connectivity index (χ0n) is 25.6. The maximum absolute atomic E-state index is 14.2. The van der Waals surface area contributed by atoms with E-state index in [2.05, 4.69) is 15.6 Å². The number of aromatic nitrogens is 1. The van der Waals surface area contributed by atoms with Crippen molar-refractivity contribution in [3.05, 3.63) is 70.0 Å². The van der Waals surface area contributed by atoms with Gasteiger partial charge in [0.2, 0.25) is 11.8 Å². The molecule has 3 aromatic rings. The highest BCUT2D eigenvalue weighted by atomic mass is 32.2. The summed E-state index contributed by atoms with van der Waals surface area (Å²) in [5, 5.41) is 24.0. The highest BCUT2D eigenvalue weighted by Crippen LogP contribution is 2.52. The quantitative estimate of drug-likeness (QED) is 0.185. The molecular weight excluding hydrogens is 632 g/mol. The van der Waals surface area contributed by atoms with E-state index in [0.717, 1.165) is 16.7 Å². The number of aliphatic carboxylic acids is 1. The molecule has 2 aliphatic rings. The number of phenols is 1. The number of phenolic OH excluding ortho intramolecular Hbond substituents is 1. The van der Waals surface area contributed by atoms with E-state index in [1.165, 1.54) is 62.4 Å². The van der Waals surface area contributed by atoms with E-state index in [0.29, 0.717) is 10.4 Å². The number of nitrogens with zero attached hydrogens (tertiary/aromatic N) is 2. The minimum absolute atomic E-state index is 0.0988. The molecular formula is C31H32N6O9S. The van der Waals surface area contributed by atoms with Crippen LogP contribution in [0, 0.1) is 0 Å². The van der Waals surface area contributed by atoms with Crippen LogP contribution in [0.1, 0.15) is 49.7 Å². The number of benzene rings is 2. The van der Waals surface area contributed by atoms with Gasteiger partial charge in [-0.25, -0.2) is 4.79 Å². The SMILES string of the molecule is CC(=O)NC(C)C(=O)Nc1ccc2[nH]c(=O)c(C(=O)N(C(=O)C(N)c3ccc(O)cc3)[C@@H]3C(=O)N4[C@@H]3SC(C)(C)[C@@H]4C(=O)O)cc2c1. The summed E-state index contributed by atoms with van der Waals surface area (Å²) < 4.78 is -0.976. The number of hydrogen-bond acceptors (Lipinski definition) is 10. The third-order valence-corrected chi connectivity index (χ3v) is 9.61. The average molecular weight is 665 g/mol. The summed E-state index contributed by atoms with van der Waals surface area (Å²) in [6, 6.07) is 5.94. The van der Waals surface area contributed by atoms with Gasteiger partial charge in [0.1, 0.15) is 40.9 Å². The first-order valence-corrected chi connectivity index (χ1v) is 15.3. The normalized spacial score (nSPS) is 20.8. The number of carboxylic acids is 1. The number of amides is 5. The molecule has 2 saturated heterocycles. The lowest BCUT2D eigenvalue weighted by Crippen LogP contribution is -2.72. The first-order valence-electron chi connectivity index (χ1n) is 14.4. The van der Waals surface area contributed by atoms with Gasteiger partial charge in [-0.3, -0.25) is 33.7 Å². The van der Waals surface area contributed by atoms with Crippen molar-refractivity contribution in [1.82, 2.24) is 20.1 Å². The molecule has 1 aromatic heterocycles. The Labute approximate surface area is 271 Å². The van der Waals surface area contributed by atoms with Crippen molar-refractivity contribution in [3.63, 3.8) is 0 Å². The van der Waals surface area contributed by atoms with Crippen molar-refractivity contribution in [2.24, 2.45) is 5.73 Å². The smallest absolute Gasteiger partial charge is 0.327 e. The monoisotopic (exact) mass is 664 g/mol. The molecule has 2 aliphatic heterocycles. The van der Waals surface area contributed by atoms with E-state index < -0.39 is 80.9 Å². The van der Waals surface area contributed by atoms with Crippen LogP contribution in [0.2, 0.25) is 0 Å². The molecule has 5 rings (SSSR count). The Morgan fingerprint density at radius 2 is 1.72 bits per heavy atom. The fraction of sp³-hybridized carbons (Fsp3) is 0.323. The third-order valence-electron chi connectivity index (χ3n) is 8.05. The number of imide groups is 1.